The molecule has 0 radical (unpaired) electrons. The van der Waals surface area contributed by atoms with Crippen LogP contribution >= 0.6 is 11.6 Å². The van der Waals surface area contributed by atoms with Crippen molar-refractivity contribution in [3.63, 3.8) is 0 Å². The zero-order chi connectivity index (χ0) is 15.6. The summed E-state index contributed by atoms with van der Waals surface area (Å²) in [6.07, 6.45) is 0. The Labute approximate surface area is 130 Å². The molecule has 1 amide bonds. The molecule has 0 fully saturated rings. The molecule has 4 nitrogen and oxygen atoms in total. The molecule has 114 valence electrons. The summed E-state index contributed by atoms with van der Waals surface area (Å²) in [6.45, 7) is 8.74. The van der Waals surface area contributed by atoms with Gasteiger partial charge in [-0.15, -0.1) is 11.6 Å². The molecule has 2 rings (SSSR count). The molecule has 2 aromatic rings. The first-order valence-electron chi connectivity index (χ1n) is 7.25. The van der Waals surface area contributed by atoms with Gasteiger partial charge in [0.15, 0.2) is 0 Å². The Morgan fingerprint density at radius 1 is 1.38 bits per heavy atom. The van der Waals surface area contributed by atoms with Crippen molar-refractivity contribution in [2.45, 2.75) is 39.6 Å². The summed E-state index contributed by atoms with van der Waals surface area (Å²) < 4.78 is 1.95. The third-order valence-electron chi connectivity index (χ3n) is 3.56. The zero-order valence-electron chi connectivity index (χ0n) is 13.0. The topological polar surface area (TPSA) is 46.9 Å². The van der Waals surface area contributed by atoms with Crippen LogP contribution in [-0.4, -0.2) is 22.0 Å². The summed E-state index contributed by atoms with van der Waals surface area (Å²) in [4.78, 5) is 16.9. The molecule has 1 N–H and O–H groups in total. The van der Waals surface area contributed by atoms with E-state index in [1.54, 1.807) is 0 Å². The van der Waals surface area contributed by atoms with E-state index in [0.29, 0.717) is 12.5 Å². The zero-order valence-corrected chi connectivity index (χ0v) is 13.7. The van der Waals surface area contributed by atoms with E-state index < -0.39 is 0 Å². The molecule has 0 aliphatic carbocycles. The van der Waals surface area contributed by atoms with Gasteiger partial charge in [0, 0.05) is 6.54 Å². The number of nitrogens with zero attached hydrogens (tertiary/aromatic N) is 2. The second kappa shape index (κ2) is 6.48. The summed E-state index contributed by atoms with van der Waals surface area (Å²) in [7, 11) is 0. The second-order valence-corrected chi connectivity index (χ2v) is 6.06. The molecule has 1 heterocycles. The predicted molar refractivity (Wildman–Crippen MR) is 86.6 cm³/mol. The molecule has 0 aliphatic heterocycles. The van der Waals surface area contributed by atoms with Crippen LogP contribution in [0.25, 0.3) is 11.0 Å². The lowest BCUT2D eigenvalue weighted by molar-refractivity contribution is -0.124. The first-order chi connectivity index (χ1) is 9.95. The standard InChI is InChI=1S/C16H22ClN3O/c1-10(2)9-18-16(21)12(4)20-14(8-17)19-13-7-5-6-11(3)15(13)20/h5-7,10,12H,8-9H2,1-4H3,(H,18,21). The summed E-state index contributed by atoms with van der Waals surface area (Å²) in [5.74, 6) is 1.44. The highest BCUT2D eigenvalue weighted by atomic mass is 35.5. The van der Waals surface area contributed by atoms with Crippen LogP contribution in [0.4, 0.5) is 0 Å². The maximum atomic E-state index is 12.4. The van der Waals surface area contributed by atoms with Crippen molar-refractivity contribution in [2.24, 2.45) is 5.92 Å². The molecule has 0 bridgehead atoms. The lowest BCUT2D eigenvalue weighted by atomic mass is 10.2. The number of carbonyl (C=O) groups is 1. The lowest BCUT2D eigenvalue weighted by Gasteiger charge is -2.18. The monoisotopic (exact) mass is 307 g/mol. The minimum absolute atomic E-state index is 0.00220. The van der Waals surface area contributed by atoms with Gasteiger partial charge in [-0.05, 0) is 31.4 Å². The first-order valence-corrected chi connectivity index (χ1v) is 7.79. The number of hydrogen-bond donors (Lipinski definition) is 1. The summed E-state index contributed by atoms with van der Waals surface area (Å²) in [5, 5.41) is 2.97. The van der Waals surface area contributed by atoms with Gasteiger partial charge < -0.3 is 9.88 Å². The Morgan fingerprint density at radius 3 is 2.71 bits per heavy atom. The highest BCUT2D eigenvalue weighted by Gasteiger charge is 2.22. The fourth-order valence-electron chi connectivity index (χ4n) is 2.45. The molecule has 0 saturated heterocycles. The maximum absolute atomic E-state index is 12.4. The normalized spacial score (nSPS) is 12.9. The molecule has 1 atom stereocenters. The number of hydrogen-bond acceptors (Lipinski definition) is 2. The molecule has 1 unspecified atom stereocenters. The van der Waals surface area contributed by atoms with Gasteiger partial charge in [-0.2, -0.15) is 0 Å². The number of rotatable bonds is 5. The number of halogens is 1. The van der Waals surface area contributed by atoms with Crippen molar-refractivity contribution in [2.75, 3.05) is 6.54 Å². The van der Waals surface area contributed by atoms with Gasteiger partial charge in [0.1, 0.15) is 11.9 Å². The summed E-state index contributed by atoms with van der Waals surface area (Å²) >= 11 is 6.02. The fourth-order valence-corrected chi connectivity index (χ4v) is 2.64. The van der Waals surface area contributed by atoms with E-state index in [1.807, 2.05) is 36.6 Å². The number of nitrogens with one attached hydrogen (secondary N) is 1. The van der Waals surface area contributed by atoms with Gasteiger partial charge in [-0.1, -0.05) is 26.0 Å². The van der Waals surface area contributed by atoms with Crippen molar-refractivity contribution < 1.29 is 4.79 Å². The lowest BCUT2D eigenvalue weighted by Crippen LogP contribution is -2.34. The first kappa shape index (κ1) is 15.8. The number of aryl methyl sites for hydroxylation is 1. The van der Waals surface area contributed by atoms with Crippen molar-refractivity contribution in [3.8, 4) is 0 Å². The summed E-state index contributed by atoms with van der Waals surface area (Å²) in [5.41, 5.74) is 2.97. The second-order valence-electron chi connectivity index (χ2n) is 5.79. The maximum Gasteiger partial charge on any atom is 0.242 e. The number of imidazole rings is 1. The molecular weight excluding hydrogens is 286 g/mol. The SMILES string of the molecule is Cc1cccc2nc(CCl)n(C(C)C(=O)NCC(C)C)c12. The van der Waals surface area contributed by atoms with Crippen LogP contribution in [0.2, 0.25) is 0 Å². The van der Waals surface area contributed by atoms with Crippen molar-refractivity contribution >= 4 is 28.5 Å². The van der Waals surface area contributed by atoms with Gasteiger partial charge in [0.2, 0.25) is 5.91 Å². The van der Waals surface area contributed by atoms with E-state index in [4.69, 9.17) is 11.6 Å². The van der Waals surface area contributed by atoms with E-state index in [2.05, 4.69) is 24.1 Å². The van der Waals surface area contributed by atoms with E-state index in [-0.39, 0.29) is 17.8 Å². The van der Waals surface area contributed by atoms with E-state index in [1.165, 1.54) is 0 Å². The van der Waals surface area contributed by atoms with Crippen LogP contribution in [-0.2, 0) is 10.7 Å². The molecule has 1 aromatic carbocycles. The van der Waals surface area contributed by atoms with Crippen LogP contribution in [0, 0.1) is 12.8 Å². The summed E-state index contributed by atoms with van der Waals surface area (Å²) in [6, 6.07) is 5.62. The van der Waals surface area contributed by atoms with Crippen LogP contribution < -0.4 is 5.32 Å². The fraction of sp³-hybridized carbons (Fsp3) is 0.500. The largest absolute Gasteiger partial charge is 0.354 e. The Bertz CT molecular complexity index is 648. The number of aromatic nitrogens is 2. The van der Waals surface area contributed by atoms with Gasteiger partial charge in [0.05, 0.1) is 16.9 Å². The number of alkyl halides is 1. The quantitative estimate of drug-likeness (QED) is 0.860. The molecule has 0 spiro atoms. The number of carbonyl (C=O) groups excluding carboxylic acids is 1. The van der Waals surface area contributed by atoms with Gasteiger partial charge in [0.25, 0.3) is 0 Å². The highest BCUT2D eigenvalue weighted by molar-refractivity contribution is 6.17. The smallest absolute Gasteiger partial charge is 0.242 e. The molecule has 1 aromatic heterocycles. The third-order valence-corrected chi connectivity index (χ3v) is 3.79. The van der Waals surface area contributed by atoms with Gasteiger partial charge >= 0.3 is 0 Å². The number of para-hydroxylation sites is 1. The van der Waals surface area contributed by atoms with E-state index in [9.17, 15) is 4.79 Å². The minimum Gasteiger partial charge on any atom is -0.354 e. The Kier molecular flexibility index (Phi) is 4.88. The highest BCUT2D eigenvalue weighted by Crippen LogP contribution is 2.25. The van der Waals surface area contributed by atoms with Crippen molar-refractivity contribution in [1.82, 2.24) is 14.9 Å². The van der Waals surface area contributed by atoms with Gasteiger partial charge in [-0.3, -0.25) is 4.79 Å². The number of benzene rings is 1. The van der Waals surface area contributed by atoms with Crippen LogP contribution in [0.5, 0.6) is 0 Å². The molecule has 21 heavy (non-hydrogen) atoms. The number of fused-ring (bicyclic) bond motifs is 1. The average Bonchev–Trinajstić information content (AvgIpc) is 2.83. The average molecular weight is 308 g/mol. The number of amides is 1. The van der Waals surface area contributed by atoms with Gasteiger partial charge in [-0.25, -0.2) is 4.98 Å². The minimum atomic E-state index is -0.330. The van der Waals surface area contributed by atoms with Crippen LogP contribution in [0.15, 0.2) is 18.2 Å². The Hall–Kier alpha value is -1.55. The molecular formula is C16H22ClN3O. The van der Waals surface area contributed by atoms with Crippen molar-refractivity contribution in [1.29, 1.82) is 0 Å². The molecule has 0 saturated carbocycles. The van der Waals surface area contributed by atoms with E-state index >= 15 is 0 Å². The van der Waals surface area contributed by atoms with Crippen molar-refractivity contribution in [3.05, 3.63) is 29.6 Å². The molecule has 0 aliphatic rings. The third kappa shape index (κ3) is 3.21. The predicted octanol–water partition coefficient (Wildman–Crippen LogP) is 3.42. The van der Waals surface area contributed by atoms with Crippen LogP contribution in [0.3, 0.4) is 0 Å². The Balaban J connectivity index is 2.42. The molecule has 5 heteroatoms. The van der Waals surface area contributed by atoms with E-state index in [0.717, 1.165) is 22.4 Å². The Morgan fingerprint density at radius 2 is 2.10 bits per heavy atom. The van der Waals surface area contributed by atoms with Crippen LogP contribution in [0.1, 0.15) is 38.2 Å².